The van der Waals surface area contributed by atoms with Crippen LogP contribution in [0.5, 0.6) is 11.5 Å². The average molecular weight is 364 g/mol. The Morgan fingerprint density at radius 2 is 1.67 bits per heavy atom. The maximum Gasteiger partial charge on any atom is 0.372 e. The number of methoxy groups -OCH3 is 1. The SMILES string of the molecule is COc1ccccc1OCC(=O)O/N=C(/N)Cc1cccc2ccccc12. The number of fused-ring (bicyclic) bond motifs is 1. The standard InChI is InChI=1S/C21H20N2O4/c1-25-18-11-4-5-12-19(18)26-14-21(24)27-23-20(22)13-16-9-6-8-15-7-2-3-10-17(15)16/h2-12H,13-14H2,1H3,(H2,22,23). The van der Waals surface area contributed by atoms with Crippen molar-refractivity contribution < 1.29 is 19.1 Å². The molecule has 0 aliphatic heterocycles. The molecule has 6 nitrogen and oxygen atoms in total. The molecule has 3 rings (SSSR count). The highest BCUT2D eigenvalue weighted by atomic mass is 16.7. The number of nitrogens with zero attached hydrogens (tertiary/aromatic N) is 1. The molecule has 2 N–H and O–H groups in total. The van der Waals surface area contributed by atoms with Crippen molar-refractivity contribution in [2.45, 2.75) is 6.42 Å². The third kappa shape index (κ3) is 4.76. The Kier molecular flexibility index (Phi) is 5.89. The molecule has 0 unspecified atom stereocenters. The predicted molar refractivity (Wildman–Crippen MR) is 104 cm³/mol. The molecule has 3 aromatic carbocycles. The van der Waals surface area contributed by atoms with E-state index in [1.807, 2.05) is 48.5 Å². The average Bonchev–Trinajstić information content (AvgIpc) is 2.71. The van der Waals surface area contributed by atoms with Crippen LogP contribution < -0.4 is 15.2 Å². The third-order valence-electron chi connectivity index (χ3n) is 3.93. The Labute approximate surface area is 157 Å². The van der Waals surface area contributed by atoms with Gasteiger partial charge in [-0.15, -0.1) is 0 Å². The summed E-state index contributed by atoms with van der Waals surface area (Å²) >= 11 is 0. The normalized spacial score (nSPS) is 11.2. The van der Waals surface area contributed by atoms with Crippen LogP contribution in [0.15, 0.2) is 71.9 Å². The van der Waals surface area contributed by atoms with Gasteiger partial charge in [-0.2, -0.15) is 0 Å². The van der Waals surface area contributed by atoms with Crippen molar-refractivity contribution in [3.8, 4) is 11.5 Å². The smallest absolute Gasteiger partial charge is 0.372 e. The molecule has 0 amide bonds. The quantitative estimate of drug-likeness (QED) is 0.301. The molecule has 0 saturated heterocycles. The number of hydrogen-bond acceptors (Lipinski definition) is 5. The summed E-state index contributed by atoms with van der Waals surface area (Å²) < 4.78 is 10.5. The fourth-order valence-corrected chi connectivity index (χ4v) is 2.68. The van der Waals surface area contributed by atoms with Crippen molar-refractivity contribution >= 4 is 22.6 Å². The van der Waals surface area contributed by atoms with Gasteiger partial charge in [0.15, 0.2) is 18.1 Å². The van der Waals surface area contributed by atoms with Gasteiger partial charge in [0.25, 0.3) is 0 Å². The fourth-order valence-electron chi connectivity index (χ4n) is 2.68. The Hall–Kier alpha value is -3.54. The van der Waals surface area contributed by atoms with E-state index in [0.29, 0.717) is 17.9 Å². The number of para-hydroxylation sites is 2. The van der Waals surface area contributed by atoms with Crippen molar-refractivity contribution in [1.82, 2.24) is 0 Å². The van der Waals surface area contributed by atoms with Crippen molar-refractivity contribution in [3.63, 3.8) is 0 Å². The van der Waals surface area contributed by atoms with Crippen molar-refractivity contribution in [3.05, 3.63) is 72.3 Å². The topological polar surface area (TPSA) is 83.1 Å². The third-order valence-corrected chi connectivity index (χ3v) is 3.93. The first-order chi connectivity index (χ1) is 13.2. The monoisotopic (exact) mass is 364 g/mol. The molecule has 0 bridgehead atoms. The van der Waals surface area contributed by atoms with Crippen LogP contribution in [0.4, 0.5) is 0 Å². The van der Waals surface area contributed by atoms with Gasteiger partial charge in [-0.1, -0.05) is 59.8 Å². The molecule has 138 valence electrons. The van der Waals surface area contributed by atoms with Gasteiger partial charge in [0.2, 0.25) is 0 Å². The zero-order chi connectivity index (χ0) is 19.1. The Morgan fingerprint density at radius 3 is 2.48 bits per heavy atom. The van der Waals surface area contributed by atoms with E-state index in [9.17, 15) is 4.79 Å². The molecule has 0 saturated carbocycles. The molecule has 27 heavy (non-hydrogen) atoms. The lowest BCUT2D eigenvalue weighted by Gasteiger charge is -2.09. The van der Waals surface area contributed by atoms with Crippen molar-refractivity contribution in [1.29, 1.82) is 0 Å². The van der Waals surface area contributed by atoms with Crippen LogP contribution in [0.3, 0.4) is 0 Å². The highest BCUT2D eigenvalue weighted by Crippen LogP contribution is 2.25. The second-order valence-corrected chi connectivity index (χ2v) is 5.80. The van der Waals surface area contributed by atoms with Gasteiger partial charge in [-0.25, -0.2) is 4.79 Å². The molecule has 0 spiro atoms. The summed E-state index contributed by atoms with van der Waals surface area (Å²) in [5, 5.41) is 5.92. The lowest BCUT2D eigenvalue weighted by Crippen LogP contribution is -2.19. The lowest BCUT2D eigenvalue weighted by molar-refractivity contribution is -0.146. The van der Waals surface area contributed by atoms with E-state index in [-0.39, 0.29) is 12.4 Å². The van der Waals surface area contributed by atoms with Gasteiger partial charge in [0.1, 0.15) is 5.84 Å². The molecule has 0 radical (unpaired) electrons. The van der Waals surface area contributed by atoms with Crippen molar-refractivity contribution in [2.75, 3.05) is 13.7 Å². The molecule has 3 aromatic rings. The summed E-state index contributed by atoms with van der Waals surface area (Å²) in [6.45, 7) is -0.300. The Bertz CT molecular complexity index is 964. The number of carbonyl (C=O) groups is 1. The van der Waals surface area contributed by atoms with Gasteiger partial charge in [0.05, 0.1) is 7.11 Å². The van der Waals surface area contributed by atoms with E-state index in [1.165, 1.54) is 7.11 Å². The highest BCUT2D eigenvalue weighted by Gasteiger charge is 2.09. The zero-order valence-electron chi connectivity index (χ0n) is 14.9. The second kappa shape index (κ2) is 8.71. The number of oxime groups is 1. The minimum atomic E-state index is -0.651. The van der Waals surface area contributed by atoms with E-state index < -0.39 is 5.97 Å². The van der Waals surface area contributed by atoms with Gasteiger partial charge < -0.3 is 20.0 Å². The zero-order valence-corrected chi connectivity index (χ0v) is 14.9. The van der Waals surface area contributed by atoms with Crippen LogP contribution in [-0.2, 0) is 16.1 Å². The highest BCUT2D eigenvalue weighted by molar-refractivity contribution is 5.91. The summed E-state index contributed by atoms with van der Waals surface area (Å²) in [6, 6.07) is 21.0. The molecule has 0 atom stereocenters. The minimum Gasteiger partial charge on any atom is -0.493 e. The molecular weight excluding hydrogens is 344 g/mol. The van der Waals surface area contributed by atoms with Crippen molar-refractivity contribution in [2.24, 2.45) is 10.9 Å². The maximum absolute atomic E-state index is 11.8. The second-order valence-electron chi connectivity index (χ2n) is 5.80. The van der Waals surface area contributed by atoms with Gasteiger partial charge >= 0.3 is 5.97 Å². The summed E-state index contributed by atoms with van der Waals surface area (Å²) in [4.78, 5) is 16.7. The summed E-state index contributed by atoms with van der Waals surface area (Å²) in [7, 11) is 1.53. The largest absolute Gasteiger partial charge is 0.493 e. The van der Waals surface area contributed by atoms with Crippen LogP contribution in [0.1, 0.15) is 5.56 Å². The number of amidine groups is 1. The first-order valence-electron chi connectivity index (χ1n) is 8.42. The number of hydrogen-bond donors (Lipinski definition) is 1. The molecule has 6 heteroatoms. The molecule has 0 aliphatic carbocycles. The molecular formula is C21H20N2O4. The van der Waals surface area contributed by atoms with Gasteiger partial charge in [-0.05, 0) is 28.5 Å². The molecule has 0 fully saturated rings. The number of rotatable bonds is 7. The minimum absolute atomic E-state index is 0.206. The molecule has 0 aromatic heterocycles. The molecule has 0 heterocycles. The lowest BCUT2D eigenvalue weighted by atomic mass is 10.0. The maximum atomic E-state index is 11.8. The van der Waals surface area contributed by atoms with Crippen LogP contribution in [0.25, 0.3) is 10.8 Å². The number of ether oxygens (including phenoxy) is 2. The Balaban J connectivity index is 1.57. The fraction of sp³-hybridized carbons (Fsp3) is 0.143. The predicted octanol–water partition coefficient (Wildman–Crippen LogP) is 3.29. The summed E-state index contributed by atoms with van der Waals surface area (Å²) in [6.07, 6.45) is 0.377. The van der Waals surface area contributed by atoms with Gasteiger partial charge in [0, 0.05) is 6.42 Å². The van der Waals surface area contributed by atoms with E-state index >= 15 is 0 Å². The first kappa shape index (κ1) is 18.3. The van der Waals surface area contributed by atoms with Crippen LogP contribution >= 0.6 is 0 Å². The van der Waals surface area contributed by atoms with Crippen LogP contribution in [0, 0.1) is 0 Å². The van der Waals surface area contributed by atoms with E-state index in [4.69, 9.17) is 20.0 Å². The number of nitrogens with two attached hydrogens (primary N) is 1. The number of benzene rings is 3. The van der Waals surface area contributed by atoms with E-state index in [0.717, 1.165) is 16.3 Å². The van der Waals surface area contributed by atoms with E-state index in [2.05, 4.69) is 5.16 Å². The summed E-state index contributed by atoms with van der Waals surface area (Å²) in [5.74, 6) is 0.535. The first-order valence-corrected chi connectivity index (χ1v) is 8.42. The van der Waals surface area contributed by atoms with E-state index in [1.54, 1.807) is 18.2 Å². The Morgan fingerprint density at radius 1 is 0.963 bits per heavy atom. The molecule has 0 aliphatic rings. The number of carbonyl (C=O) groups excluding carboxylic acids is 1. The van der Waals surface area contributed by atoms with Gasteiger partial charge in [-0.3, -0.25) is 0 Å². The van der Waals surface area contributed by atoms with Crippen LogP contribution in [0.2, 0.25) is 0 Å². The van der Waals surface area contributed by atoms with Crippen LogP contribution in [-0.4, -0.2) is 25.5 Å². The summed E-state index contributed by atoms with van der Waals surface area (Å²) in [5.41, 5.74) is 6.92.